The Kier molecular flexibility index (Phi) is 5.65. The smallest absolute Gasteiger partial charge is 0.338 e. The molecule has 0 unspecified atom stereocenters. The van der Waals surface area contributed by atoms with Crippen molar-refractivity contribution in [3.8, 4) is 0 Å². The number of para-hydroxylation sites is 1. The average molecular weight is 393 g/mol. The van der Waals surface area contributed by atoms with E-state index in [1.54, 1.807) is 18.4 Å². The lowest BCUT2D eigenvalue weighted by molar-refractivity contribution is -0.137. The van der Waals surface area contributed by atoms with E-state index in [1.165, 1.54) is 17.0 Å². The number of hydrogen-bond acceptors (Lipinski definition) is 3. The zero-order valence-corrected chi connectivity index (χ0v) is 15.4. The molecule has 142 valence electrons. The Balaban J connectivity index is 1.48. The SMILES string of the molecule is CN(Cc1nc2ccccc2s1)C(=O)NCCc1ccc(C(F)(F)F)cc1. The van der Waals surface area contributed by atoms with E-state index in [0.717, 1.165) is 32.9 Å². The molecule has 0 aliphatic carbocycles. The number of rotatable bonds is 5. The first-order valence-electron chi connectivity index (χ1n) is 8.32. The van der Waals surface area contributed by atoms with Crippen LogP contribution in [0.3, 0.4) is 0 Å². The van der Waals surface area contributed by atoms with E-state index < -0.39 is 11.7 Å². The van der Waals surface area contributed by atoms with Crippen LogP contribution in [0.4, 0.5) is 18.0 Å². The van der Waals surface area contributed by atoms with Crippen LogP contribution in [0.25, 0.3) is 10.2 Å². The Morgan fingerprint density at radius 1 is 1.15 bits per heavy atom. The first-order valence-corrected chi connectivity index (χ1v) is 9.14. The summed E-state index contributed by atoms with van der Waals surface area (Å²) in [5, 5.41) is 3.62. The van der Waals surface area contributed by atoms with Gasteiger partial charge in [0, 0.05) is 13.6 Å². The largest absolute Gasteiger partial charge is 0.416 e. The molecule has 0 bridgehead atoms. The molecule has 0 radical (unpaired) electrons. The van der Waals surface area contributed by atoms with Gasteiger partial charge >= 0.3 is 12.2 Å². The van der Waals surface area contributed by atoms with Crippen molar-refractivity contribution in [2.24, 2.45) is 0 Å². The van der Waals surface area contributed by atoms with Crippen LogP contribution in [0.15, 0.2) is 48.5 Å². The molecule has 1 N–H and O–H groups in total. The number of halogens is 3. The van der Waals surface area contributed by atoms with Gasteiger partial charge in [0.25, 0.3) is 0 Å². The van der Waals surface area contributed by atoms with Crippen molar-refractivity contribution in [2.75, 3.05) is 13.6 Å². The van der Waals surface area contributed by atoms with E-state index in [9.17, 15) is 18.0 Å². The minimum Gasteiger partial charge on any atom is -0.338 e. The maximum atomic E-state index is 12.5. The normalized spacial score (nSPS) is 11.6. The van der Waals surface area contributed by atoms with Crippen LogP contribution in [0.5, 0.6) is 0 Å². The number of urea groups is 1. The molecule has 0 aliphatic heterocycles. The molecule has 0 saturated carbocycles. The van der Waals surface area contributed by atoms with Crippen molar-refractivity contribution >= 4 is 27.6 Å². The molecular formula is C19H18F3N3OS. The molecule has 27 heavy (non-hydrogen) atoms. The summed E-state index contributed by atoms with van der Waals surface area (Å²) in [6, 6.07) is 12.5. The van der Waals surface area contributed by atoms with Crippen molar-refractivity contribution in [2.45, 2.75) is 19.1 Å². The van der Waals surface area contributed by atoms with Crippen molar-refractivity contribution in [3.05, 3.63) is 64.7 Å². The predicted molar refractivity (Wildman–Crippen MR) is 99.6 cm³/mol. The molecule has 3 aromatic rings. The molecule has 8 heteroatoms. The third-order valence-electron chi connectivity index (χ3n) is 4.03. The quantitative estimate of drug-likeness (QED) is 0.683. The number of hydrogen-bond donors (Lipinski definition) is 1. The number of amides is 2. The van der Waals surface area contributed by atoms with Gasteiger partial charge in [-0.05, 0) is 36.2 Å². The minimum atomic E-state index is -4.34. The first-order chi connectivity index (χ1) is 12.8. The van der Waals surface area contributed by atoms with Crippen LogP contribution in [-0.4, -0.2) is 29.5 Å². The second kappa shape index (κ2) is 7.96. The fourth-order valence-electron chi connectivity index (χ4n) is 2.57. The number of benzene rings is 2. The third kappa shape index (κ3) is 4.97. The highest BCUT2D eigenvalue weighted by Crippen LogP contribution is 2.29. The average Bonchev–Trinajstić information content (AvgIpc) is 3.03. The van der Waals surface area contributed by atoms with Crippen molar-refractivity contribution in [1.82, 2.24) is 15.2 Å². The molecule has 4 nitrogen and oxygen atoms in total. The number of fused-ring (bicyclic) bond motifs is 1. The van der Waals surface area contributed by atoms with Gasteiger partial charge in [0.15, 0.2) is 0 Å². The number of aromatic nitrogens is 1. The predicted octanol–water partition coefficient (Wildman–Crippen LogP) is 4.70. The van der Waals surface area contributed by atoms with Gasteiger partial charge in [-0.3, -0.25) is 0 Å². The van der Waals surface area contributed by atoms with Crippen LogP contribution >= 0.6 is 11.3 Å². The molecule has 0 fully saturated rings. The molecule has 0 aliphatic rings. The highest BCUT2D eigenvalue weighted by molar-refractivity contribution is 7.18. The second-order valence-electron chi connectivity index (χ2n) is 6.11. The van der Waals surface area contributed by atoms with Gasteiger partial charge in [-0.15, -0.1) is 11.3 Å². The summed E-state index contributed by atoms with van der Waals surface area (Å²) in [5.74, 6) is 0. The Morgan fingerprint density at radius 3 is 2.52 bits per heavy atom. The monoisotopic (exact) mass is 393 g/mol. The highest BCUT2D eigenvalue weighted by atomic mass is 32.1. The molecule has 1 heterocycles. The zero-order valence-electron chi connectivity index (χ0n) is 14.6. The van der Waals surface area contributed by atoms with E-state index in [0.29, 0.717) is 19.5 Å². The molecule has 2 aromatic carbocycles. The van der Waals surface area contributed by atoms with Crippen molar-refractivity contribution in [1.29, 1.82) is 0 Å². The number of thiazole rings is 1. The fourth-order valence-corrected chi connectivity index (χ4v) is 3.59. The summed E-state index contributed by atoms with van der Waals surface area (Å²) < 4.78 is 38.7. The lowest BCUT2D eigenvalue weighted by atomic mass is 10.1. The second-order valence-corrected chi connectivity index (χ2v) is 7.22. The summed E-state index contributed by atoms with van der Waals surface area (Å²) in [7, 11) is 1.68. The number of carbonyl (C=O) groups is 1. The van der Waals surface area contributed by atoms with Gasteiger partial charge in [0.1, 0.15) is 5.01 Å². The topological polar surface area (TPSA) is 45.2 Å². The van der Waals surface area contributed by atoms with E-state index in [4.69, 9.17) is 0 Å². The lowest BCUT2D eigenvalue weighted by Crippen LogP contribution is -2.37. The van der Waals surface area contributed by atoms with Gasteiger partial charge in [-0.1, -0.05) is 24.3 Å². The maximum Gasteiger partial charge on any atom is 0.416 e. The number of nitrogens with zero attached hydrogens (tertiary/aromatic N) is 2. The maximum absolute atomic E-state index is 12.5. The van der Waals surface area contributed by atoms with Crippen LogP contribution in [-0.2, 0) is 19.1 Å². The van der Waals surface area contributed by atoms with Gasteiger partial charge in [0.05, 0.1) is 22.3 Å². The van der Waals surface area contributed by atoms with E-state index in [2.05, 4.69) is 10.3 Å². The molecule has 0 spiro atoms. The summed E-state index contributed by atoms with van der Waals surface area (Å²) in [5.41, 5.74) is 0.969. The zero-order chi connectivity index (χ0) is 19.4. The van der Waals surface area contributed by atoms with E-state index >= 15 is 0 Å². The standard InChI is InChI=1S/C19H18F3N3OS/c1-25(12-17-24-15-4-2-3-5-16(15)27-17)18(26)23-11-10-13-6-8-14(9-7-13)19(20,21)22/h2-9H,10-12H2,1H3,(H,23,26). The van der Waals surface area contributed by atoms with Crippen molar-refractivity contribution in [3.63, 3.8) is 0 Å². The Morgan fingerprint density at radius 2 is 1.85 bits per heavy atom. The number of nitrogens with one attached hydrogen (secondary N) is 1. The molecule has 3 rings (SSSR count). The van der Waals surface area contributed by atoms with Crippen molar-refractivity contribution < 1.29 is 18.0 Å². The molecular weight excluding hydrogens is 375 g/mol. The third-order valence-corrected chi connectivity index (χ3v) is 5.05. The van der Waals surface area contributed by atoms with Crippen LogP contribution in [0.2, 0.25) is 0 Å². The van der Waals surface area contributed by atoms with Crippen LogP contribution < -0.4 is 5.32 Å². The lowest BCUT2D eigenvalue weighted by Gasteiger charge is -2.16. The molecule has 0 saturated heterocycles. The summed E-state index contributed by atoms with van der Waals surface area (Å²) in [4.78, 5) is 18.2. The molecule has 0 atom stereocenters. The van der Waals surface area contributed by atoms with E-state index in [1.807, 2.05) is 24.3 Å². The first kappa shape index (κ1) is 19.2. The van der Waals surface area contributed by atoms with Gasteiger partial charge in [-0.2, -0.15) is 13.2 Å². The van der Waals surface area contributed by atoms with Gasteiger partial charge < -0.3 is 10.2 Å². The van der Waals surface area contributed by atoms with Crippen LogP contribution in [0, 0.1) is 0 Å². The van der Waals surface area contributed by atoms with E-state index in [-0.39, 0.29) is 6.03 Å². The number of alkyl halides is 3. The number of carbonyl (C=O) groups excluding carboxylic acids is 1. The Bertz CT molecular complexity index is 889. The Labute approximate surface area is 158 Å². The Hall–Kier alpha value is -2.61. The summed E-state index contributed by atoms with van der Waals surface area (Å²) in [6.45, 7) is 0.736. The van der Waals surface area contributed by atoms with Crippen LogP contribution in [0.1, 0.15) is 16.1 Å². The van der Waals surface area contributed by atoms with Gasteiger partial charge in [-0.25, -0.2) is 9.78 Å². The highest BCUT2D eigenvalue weighted by Gasteiger charge is 2.29. The van der Waals surface area contributed by atoms with Gasteiger partial charge in [0.2, 0.25) is 0 Å². The summed E-state index contributed by atoms with van der Waals surface area (Å²) >= 11 is 1.54. The molecule has 1 aromatic heterocycles. The summed E-state index contributed by atoms with van der Waals surface area (Å²) in [6.07, 6.45) is -3.88. The molecule has 2 amide bonds. The minimum absolute atomic E-state index is 0.249. The fraction of sp³-hybridized carbons (Fsp3) is 0.263.